The summed E-state index contributed by atoms with van der Waals surface area (Å²) in [7, 11) is -4.65. The van der Waals surface area contributed by atoms with Crippen LogP contribution in [0.3, 0.4) is 0 Å². The smallest absolute Gasteiger partial charge is 0.339 e. The second kappa shape index (κ2) is 10.5. The van der Waals surface area contributed by atoms with Gasteiger partial charge in [-0.05, 0) is 56.7 Å². The fourth-order valence-corrected chi connectivity index (χ4v) is 6.11. The van der Waals surface area contributed by atoms with Crippen LogP contribution in [0.4, 0.5) is 13.2 Å². The van der Waals surface area contributed by atoms with Gasteiger partial charge in [0.25, 0.3) is 15.9 Å². The third-order valence-electron chi connectivity index (χ3n) is 7.22. The Balaban J connectivity index is 1.58. The van der Waals surface area contributed by atoms with Crippen LogP contribution in [0.5, 0.6) is 0 Å². The first-order valence-corrected chi connectivity index (χ1v) is 13.9. The van der Waals surface area contributed by atoms with Crippen molar-refractivity contribution in [2.75, 3.05) is 6.54 Å². The molecule has 1 aromatic rings. The zero-order chi connectivity index (χ0) is 26.8. The van der Waals surface area contributed by atoms with E-state index in [2.05, 4.69) is 5.32 Å². The van der Waals surface area contributed by atoms with Crippen molar-refractivity contribution in [1.29, 1.82) is 0 Å². The highest BCUT2D eigenvalue weighted by molar-refractivity contribution is 7.90. The van der Waals surface area contributed by atoms with Gasteiger partial charge in [-0.25, -0.2) is 13.1 Å². The lowest BCUT2D eigenvalue weighted by Crippen LogP contribution is -2.56. The Bertz CT molecular complexity index is 1200. The van der Waals surface area contributed by atoms with Crippen LogP contribution >= 0.6 is 0 Å². The van der Waals surface area contributed by atoms with Gasteiger partial charge < -0.3 is 10.2 Å². The van der Waals surface area contributed by atoms with Crippen molar-refractivity contribution in [3.63, 3.8) is 0 Å². The standard InChI is InChI=1S/C25H30F3N3O5S/c26-25(27,28)17-10-7-11-19(15-17)37(35,36)30-23(34)24-16-18(24)9-5-3-1-2-4-6-13-21(32)31-14-8-12-20(31)22(33)29-24/h5,7,9-11,15,18,20H,1-4,6,8,12-14,16H2,(H,29,33)(H,30,34)/b9-5-/t18-,20+,24-/m1/s1. The molecule has 8 nitrogen and oxygen atoms in total. The number of hydrogen-bond acceptors (Lipinski definition) is 5. The summed E-state index contributed by atoms with van der Waals surface area (Å²) in [5.41, 5.74) is -2.74. The molecular weight excluding hydrogens is 511 g/mol. The van der Waals surface area contributed by atoms with E-state index in [1.54, 1.807) is 6.08 Å². The van der Waals surface area contributed by atoms with Crippen molar-refractivity contribution in [3.05, 3.63) is 42.0 Å². The number of hydrogen-bond donors (Lipinski definition) is 2. The highest BCUT2D eigenvalue weighted by Gasteiger charge is 2.61. The summed E-state index contributed by atoms with van der Waals surface area (Å²) in [5, 5.41) is 2.70. The molecule has 2 fully saturated rings. The van der Waals surface area contributed by atoms with Crippen LogP contribution in [0.15, 0.2) is 41.3 Å². The van der Waals surface area contributed by atoms with Gasteiger partial charge in [-0.2, -0.15) is 13.2 Å². The maximum absolute atomic E-state index is 13.3. The maximum Gasteiger partial charge on any atom is 0.416 e. The molecule has 0 radical (unpaired) electrons. The number of nitrogens with one attached hydrogen (secondary N) is 2. The molecule has 2 N–H and O–H groups in total. The first-order valence-electron chi connectivity index (χ1n) is 12.5. The number of sulfonamides is 1. The molecule has 37 heavy (non-hydrogen) atoms. The molecule has 0 bridgehead atoms. The molecule has 1 saturated heterocycles. The van der Waals surface area contributed by atoms with E-state index >= 15 is 0 Å². The fraction of sp³-hybridized carbons (Fsp3) is 0.560. The van der Waals surface area contributed by atoms with Crippen molar-refractivity contribution < 1.29 is 36.0 Å². The number of benzene rings is 1. The molecule has 2 aliphatic heterocycles. The normalized spacial score (nSPS) is 28.2. The summed E-state index contributed by atoms with van der Waals surface area (Å²) in [6, 6.07) is 2.34. The molecule has 0 aromatic heterocycles. The molecule has 202 valence electrons. The van der Waals surface area contributed by atoms with Gasteiger partial charge in [0.15, 0.2) is 0 Å². The topological polar surface area (TPSA) is 113 Å². The minimum Gasteiger partial charge on any atom is -0.339 e. The average Bonchev–Trinajstić information content (AvgIpc) is 3.30. The number of amides is 3. The monoisotopic (exact) mass is 541 g/mol. The highest BCUT2D eigenvalue weighted by atomic mass is 32.2. The van der Waals surface area contributed by atoms with Gasteiger partial charge in [-0.1, -0.05) is 31.1 Å². The summed E-state index contributed by atoms with van der Waals surface area (Å²) in [5.74, 6) is -2.16. The van der Waals surface area contributed by atoms with Crippen LogP contribution in [0.25, 0.3) is 0 Å². The Hall–Kier alpha value is -2.89. The summed E-state index contributed by atoms with van der Waals surface area (Å²) in [6.07, 6.45) is 4.62. The largest absolute Gasteiger partial charge is 0.416 e. The first-order chi connectivity index (χ1) is 17.4. The van der Waals surface area contributed by atoms with Crippen LogP contribution in [0.1, 0.15) is 63.4 Å². The number of rotatable bonds is 3. The molecular formula is C25H30F3N3O5S. The molecule has 1 saturated carbocycles. The average molecular weight is 542 g/mol. The SMILES string of the molecule is O=C1N[C@]2(C(=O)NS(=O)(=O)c3cccc(C(F)(F)F)c3)C[C@H]2/C=C\CCCCCCC(=O)N2CCC[C@@H]12. The second-order valence-corrected chi connectivity index (χ2v) is 11.5. The van der Waals surface area contributed by atoms with Crippen LogP contribution in [0, 0.1) is 5.92 Å². The fourth-order valence-electron chi connectivity index (χ4n) is 5.03. The quantitative estimate of drug-likeness (QED) is 0.571. The molecule has 4 rings (SSSR count). The Morgan fingerprint density at radius 1 is 1.11 bits per heavy atom. The lowest BCUT2D eigenvalue weighted by molar-refractivity contribution is -0.139. The van der Waals surface area contributed by atoms with E-state index < -0.39 is 56.0 Å². The van der Waals surface area contributed by atoms with Crippen LogP contribution in [0.2, 0.25) is 0 Å². The van der Waals surface area contributed by atoms with Gasteiger partial charge in [0.2, 0.25) is 11.8 Å². The Morgan fingerprint density at radius 3 is 2.62 bits per heavy atom. The molecule has 3 amide bonds. The molecule has 0 spiro atoms. The summed E-state index contributed by atoms with van der Waals surface area (Å²) < 4.78 is 66.8. The lowest BCUT2D eigenvalue weighted by Gasteiger charge is -2.27. The van der Waals surface area contributed by atoms with E-state index in [4.69, 9.17) is 0 Å². The highest BCUT2D eigenvalue weighted by Crippen LogP contribution is 2.46. The predicted octanol–water partition coefficient (Wildman–Crippen LogP) is 3.29. The van der Waals surface area contributed by atoms with Gasteiger partial charge in [0.1, 0.15) is 11.6 Å². The second-order valence-electron chi connectivity index (χ2n) is 9.86. The summed E-state index contributed by atoms with van der Waals surface area (Å²) >= 11 is 0. The number of alkyl halides is 3. The minimum absolute atomic E-state index is 0.122. The number of carbonyl (C=O) groups excluding carboxylic acids is 3. The third-order valence-corrected chi connectivity index (χ3v) is 8.55. The number of halogens is 3. The zero-order valence-electron chi connectivity index (χ0n) is 20.2. The van der Waals surface area contributed by atoms with Crippen LogP contribution in [-0.4, -0.2) is 49.2 Å². The number of allylic oxidation sites excluding steroid dienone is 1. The van der Waals surface area contributed by atoms with Crippen molar-refractivity contribution in [3.8, 4) is 0 Å². The van der Waals surface area contributed by atoms with E-state index in [1.165, 1.54) is 4.90 Å². The Kier molecular flexibility index (Phi) is 7.68. The Morgan fingerprint density at radius 2 is 1.86 bits per heavy atom. The van der Waals surface area contributed by atoms with E-state index in [-0.39, 0.29) is 12.3 Å². The molecule has 2 heterocycles. The summed E-state index contributed by atoms with van der Waals surface area (Å²) in [6.45, 7) is 0.434. The van der Waals surface area contributed by atoms with E-state index in [1.807, 2.05) is 10.8 Å². The first kappa shape index (κ1) is 27.2. The molecule has 12 heteroatoms. The molecule has 1 aliphatic carbocycles. The van der Waals surface area contributed by atoms with Gasteiger partial charge in [-0.15, -0.1) is 0 Å². The Labute approximate surface area is 213 Å². The van der Waals surface area contributed by atoms with E-state index in [0.29, 0.717) is 31.9 Å². The molecule has 3 atom stereocenters. The van der Waals surface area contributed by atoms with Crippen LogP contribution in [-0.2, 0) is 30.6 Å². The third kappa shape index (κ3) is 6.00. The molecule has 0 unspecified atom stereocenters. The number of nitrogens with zero attached hydrogens (tertiary/aromatic N) is 1. The van der Waals surface area contributed by atoms with Crippen molar-refractivity contribution in [2.45, 2.75) is 80.4 Å². The molecule has 3 aliphatic rings. The predicted molar refractivity (Wildman–Crippen MR) is 127 cm³/mol. The van der Waals surface area contributed by atoms with Crippen molar-refractivity contribution in [1.82, 2.24) is 14.9 Å². The van der Waals surface area contributed by atoms with Gasteiger partial charge in [-0.3, -0.25) is 14.4 Å². The van der Waals surface area contributed by atoms with Crippen molar-refractivity contribution >= 4 is 27.7 Å². The van der Waals surface area contributed by atoms with Crippen molar-refractivity contribution in [2.24, 2.45) is 5.92 Å². The van der Waals surface area contributed by atoms with Gasteiger partial charge in [0.05, 0.1) is 10.5 Å². The molecule has 1 aromatic carbocycles. The van der Waals surface area contributed by atoms with Gasteiger partial charge >= 0.3 is 6.18 Å². The zero-order valence-corrected chi connectivity index (χ0v) is 21.0. The summed E-state index contributed by atoms with van der Waals surface area (Å²) in [4.78, 5) is 40.1. The van der Waals surface area contributed by atoms with E-state index in [9.17, 15) is 36.0 Å². The number of carbonyl (C=O) groups is 3. The van der Waals surface area contributed by atoms with Crippen LogP contribution < -0.4 is 10.0 Å². The maximum atomic E-state index is 13.3. The lowest BCUT2D eigenvalue weighted by atomic mass is 10.1. The van der Waals surface area contributed by atoms with E-state index in [0.717, 1.165) is 50.3 Å². The number of fused-ring (bicyclic) bond motifs is 2. The minimum atomic E-state index is -4.76. The van der Waals surface area contributed by atoms with Gasteiger partial charge in [0, 0.05) is 18.9 Å².